The number of carbonyl (C=O) groups is 3. The lowest BCUT2D eigenvalue weighted by atomic mass is 9.98. The Morgan fingerprint density at radius 3 is 2.42 bits per heavy atom. The Hall–Kier alpha value is -2.23. The van der Waals surface area contributed by atoms with Crippen LogP contribution in [-0.4, -0.2) is 22.3 Å². The number of aromatic amines is 1. The molecule has 1 aromatic heterocycles. The second-order valence-electron chi connectivity index (χ2n) is 4.87. The lowest BCUT2D eigenvalue weighted by molar-refractivity contribution is -0.117. The summed E-state index contributed by atoms with van der Waals surface area (Å²) in [5.41, 5.74) is 1.62. The van der Waals surface area contributed by atoms with Crippen LogP contribution in [0.25, 0.3) is 10.9 Å². The Morgan fingerprint density at radius 1 is 1.16 bits per heavy atom. The molecule has 0 radical (unpaired) electrons. The van der Waals surface area contributed by atoms with Gasteiger partial charge in [0.05, 0.1) is 0 Å². The van der Waals surface area contributed by atoms with Crippen LogP contribution < -0.4 is 0 Å². The van der Waals surface area contributed by atoms with Crippen molar-refractivity contribution in [2.75, 3.05) is 0 Å². The lowest BCUT2D eigenvalue weighted by Gasteiger charge is -2.03. The predicted octanol–water partition coefficient (Wildman–Crippen LogP) is 2.78. The van der Waals surface area contributed by atoms with Gasteiger partial charge in [0.25, 0.3) is 0 Å². The summed E-state index contributed by atoms with van der Waals surface area (Å²) in [5, 5.41) is 0.765. The van der Waals surface area contributed by atoms with Crippen molar-refractivity contribution in [3.8, 4) is 0 Å². The summed E-state index contributed by atoms with van der Waals surface area (Å²) in [6, 6.07) is 4.90. The zero-order valence-electron chi connectivity index (χ0n) is 11.1. The van der Waals surface area contributed by atoms with Crippen molar-refractivity contribution in [1.82, 2.24) is 4.98 Å². The first-order chi connectivity index (χ1) is 8.91. The number of H-pyrrole nitrogens is 1. The van der Waals surface area contributed by atoms with Gasteiger partial charge in [0, 0.05) is 34.1 Å². The highest BCUT2D eigenvalue weighted by molar-refractivity contribution is 6.44. The van der Waals surface area contributed by atoms with E-state index in [1.165, 1.54) is 6.92 Å². The number of hydrogen-bond acceptors (Lipinski definition) is 3. The smallest absolute Gasteiger partial charge is 0.228 e. The SMILES string of the molecule is CC(=O)c1c[nH]c2cc(C(=O)C(=O)C(C)C)ccc12. The Balaban J connectivity index is 2.46. The van der Waals surface area contributed by atoms with Crippen LogP contribution in [0.15, 0.2) is 24.4 Å². The van der Waals surface area contributed by atoms with Crippen LogP contribution in [0.5, 0.6) is 0 Å². The fraction of sp³-hybridized carbons (Fsp3) is 0.267. The second-order valence-corrected chi connectivity index (χ2v) is 4.87. The van der Waals surface area contributed by atoms with Crippen molar-refractivity contribution in [2.45, 2.75) is 20.8 Å². The Kier molecular flexibility index (Phi) is 3.34. The Morgan fingerprint density at radius 2 is 1.84 bits per heavy atom. The molecule has 1 heterocycles. The number of nitrogens with one attached hydrogen (secondary N) is 1. The zero-order chi connectivity index (χ0) is 14.2. The molecule has 2 rings (SSSR count). The van der Waals surface area contributed by atoms with E-state index in [0.29, 0.717) is 16.6 Å². The molecule has 0 aliphatic carbocycles. The molecule has 1 N–H and O–H groups in total. The molecule has 0 bridgehead atoms. The number of rotatable bonds is 4. The number of fused-ring (bicyclic) bond motifs is 1. The van der Waals surface area contributed by atoms with E-state index in [4.69, 9.17) is 0 Å². The molecule has 0 saturated carbocycles. The van der Waals surface area contributed by atoms with Gasteiger partial charge in [0.15, 0.2) is 5.78 Å². The van der Waals surface area contributed by atoms with Gasteiger partial charge >= 0.3 is 0 Å². The zero-order valence-corrected chi connectivity index (χ0v) is 11.1. The fourth-order valence-corrected chi connectivity index (χ4v) is 1.96. The van der Waals surface area contributed by atoms with Crippen LogP contribution in [0.2, 0.25) is 0 Å². The third kappa shape index (κ3) is 2.34. The van der Waals surface area contributed by atoms with Gasteiger partial charge in [-0.25, -0.2) is 0 Å². The molecule has 0 spiro atoms. The quantitative estimate of drug-likeness (QED) is 0.676. The molecule has 98 valence electrons. The molecule has 4 heteroatoms. The first kappa shape index (κ1) is 13.2. The van der Waals surface area contributed by atoms with Crippen molar-refractivity contribution >= 4 is 28.3 Å². The Bertz CT molecular complexity index is 680. The topological polar surface area (TPSA) is 67.0 Å². The van der Waals surface area contributed by atoms with E-state index in [-0.39, 0.29) is 11.7 Å². The second kappa shape index (κ2) is 4.80. The lowest BCUT2D eigenvalue weighted by Crippen LogP contribution is -2.19. The van der Waals surface area contributed by atoms with Crippen molar-refractivity contribution in [2.24, 2.45) is 5.92 Å². The van der Waals surface area contributed by atoms with E-state index in [1.807, 2.05) is 0 Å². The summed E-state index contributed by atoms with van der Waals surface area (Å²) in [6.45, 7) is 4.88. The van der Waals surface area contributed by atoms with Crippen molar-refractivity contribution < 1.29 is 14.4 Å². The van der Waals surface area contributed by atoms with Gasteiger partial charge in [-0.05, 0) is 13.0 Å². The number of ketones is 3. The maximum Gasteiger partial charge on any atom is 0.228 e. The normalized spacial score (nSPS) is 10.9. The monoisotopic (exact) mass is 257 g/mol. The molecule has 0 fully saturated rings. The number of carbonyl (C=O) groups excluding carboxylic acids is 3. The van der Waals surface area contributed by atoms with Gasteiger partial charge in [0.1, 0.15) is 0 Å². The molecule has 0 atom stereocenters. The standard InChI is InChI=1S/C15H15NO3/c1-8(2)14(18)15(19)10-4-5-11-12(9(3)17)7-16-13(11)6-10/h4-8,16H,1-3H3. The van der Waals surface area contributed by atoms with Gasteiger partial charge in [-0.15, -0.1) is 0 Å². The molecule has 0 saturated heterocycles. The van der Waals surface area contributed by atoms with E-state index in [0.717, 1.165) is 5.39 Å². The summed E-state index contributed by atoms with van der Waals surface area (Å²) < 4.78 is 0. The van der Waals surface area contributed by atoms with Crippen molar-refractivity contribution in [3.05, 3.63) is 35.5 Å². The van der Waals surface area contributed by atoms with E-state index in [9.17, 15) is 14.4 Å². The molecule has 19 heavy (non-hydrogen) atoms. The molecule has 2 aromatic rings. The minimum Gasteiger partial charge on any atom is -0.360 e. The van der Waals surface area contributed by atoms with Gasteiger partial charge in [-0.1, -0.05) is 26.0 Å². The average Bonchev–Trinajstić information content (AvgIpc) is 2.79. The molecule has 1 aromatic carbocycles. The van der Waals surface area contributed by atoms with Crippen LogP contribution in [0.1, 0.15) is 41.5 Å². The summed E-state index contributed by atoms with van der Waals surface area (Å²) >= 11 is 0. The molecule has 4 nitrogen and oxygen atoms in total. The van der Waals surface area contributed by atoms with Crippen molar-refractivity contribution in [3.63, 3.8) is 0 Å². The van der Waals surface area contributed by atoms with Gasteiger partial charge < -0.3 is 4.98 Å². The van der Waals surface area contributed by atoms with Crippen LogP contribution >= 0.6 is 0 Å². The van der Waals surface area contributed by atoms with Gasteiger partial charge in [-0.3, -0.25) is 14.4 Å². The first-order valence-electron chi connectivity index (χ1n) is 6.12. The van der Waals surface area contributed by atoms with Crippen LogP contribution in [0.4, 0.5) is 0 Å². The van der Waals surface area contributed by atoms with E-state index < -0.39 is 11.6 Å². The maximum absolute atomic E-state index is 11.9. The number of benzene rings is 1. The molecular weight excluding hydrogens is 242 g/mol. The summed E-state index contributed by atoms with van der Waals surface area (Å²) in [6.07, 6.45) is 1.62. The van der Waals surface area contributed by atoms with E-state index in [1.54, 1.807) is 38.2 Å². The summed E-state index contributed by atoms with van der Waals surface area (Å²) in [4.78, 5) is 38.0. The van der Waals surface area contributed by atoms with Crippen LogP contribution in [0.3, 0.4) is 0 Å². The molecular formula is C15H15NO3. The van der Waals surface area contributed by atoms with E-state index in [2.05, 4.69) is 4.98 Å². The summed E-state index contributed by atoms with van der Waals surface area (Å²) in [7, 11) is 0. The highest BCUT2D eigenvalue weighted by atomic mass is 16.2. The number of aromatic nitrogens is 1. The minimum absolute atomic E-state index is 0.0383. The number of Topliss-reactive ketones (excluding diaryl/α,β-unsaturated/α-hetero) is 3. The summed E-state index contributed by atoms with van der Waals surface area (Å²) in [5.74, 6) is -1.25. The van der Waals surface area contributed by atoms with Gasteiger partial charge in [0.2, 0.25) is 11.6 Å². The van der Waals surface area contributed by atoms with Gasteiger partial charge in [-0.2, -0.15) is 0 Å². The molecule has 0 amide bonds. The maximum atomic E-state index is 11.9. The minimum atomic E-state index is -0.490. The highest BCUT2D eigenvalue weighted by Gasteiger charge is 2.20. The first-order valence-corrected chi connectivity index (χ1v) is 6.12. The Labute approximate surface area is 110 Å². The average molecular weight is 257 g/mol. The largest absolute Gasteiger partial charge is 0.360 e. The van der Waals surface area contributed by atoms with Crippen molar-refractivity contribution in [1.29, 1.82) is 0 Å². The third-order valence-corrected chi connectivity index (χ3v) is 3.07. The van der Waals surface area contributed by atoms with Crippen LogP contribution in [-0.2, 0) is 4.79 Å². The molecule has 0 unspecified atom stereocenters. The van der Waals surface area contributed by atoms with E-state index >= 15 is 0 Å². The molecule has 0 aliphatic heterocycles. The molecule has 0 aliphatic rings. The highest BCUT2D eigenvalue weighted by Crippen LogP contribution is 2.21. The number of hydrogen-bond donors (Lipinski definition) is 1. The fourth-order valence-electron chi connectivity index (χ4n) is 1.96. The predicted molar refractivity (Wildman–Crippen MR) is 72.5 cm³/mol. The third-order valence-electron chi connectivity index (χ3n) is 3.07. The van der Waals surface area contributed by atoms with Crippen LogP contribution in [0, 0.1) is 5.92 Å².